The Balaban J connectivity index is 2.18. The molecular weight excluding hydrogens is 410 g/mol. The van der Waals surface area contributed by atoms with Crippen molar-refractivity contribution < 1.29 is 22.9 Å². The molecular formula is C20H21N3O6S. The lowest BCUT2D eigenvalue weighted by atomic mass is 9.99. The maximum absolute atomic E-state index is 13.0. The van der Waals surface area contributed by atoms with Crippen LogP contribution in [0.2, 0.25) is 0 Å². The topological polar surface area (TPSA) is 118 Å². The summed E-state index contributed by atoms with van der Waals surface area (Å²) in [7, 11) is -2.07. The molecule has 1 saturated heterocycles. The van der Waals surface area contributed by atoms with Gasteiger partial charge in [0.25, 0.3) is 11.6 Å². The van der Waals surface area contributed by atoms with Crippen LogP contribution in [0.5, 0.6) is 0 Å². The Morgan fingerprint density at radius 1 is 1.00 bits per heavy atom. The molecule has 158 valence electrons. The Bertz CT molecular complexity index is 1110. The molecule has 0 saturated carbocycles. The summed E-state index contributed by atoms with van der Waals surface area (Å²) in [6.07, 6.45) is 0.871. The van der Waals surface area contributed by atoms with E-state index >= 15 is 0 Å². The van der Waals surface area contributed by atoms with Crippen LogP contribution in [-0.2, 0) is 9.84 Å². The van der Waals surface area contributed by atoms with Crippen LogP contribution < -0.4 is 0 Å². The Labute approximate surface area is 174 Å². The lowest BCUT2D eigenvalue weighted by molar-refractivity contribution is -0.385. The number of rotatable bonds is 5. The van der Waals surface area contributed by atoms with Crippen LogP contribution in [0.4, 0.5) is 5.69 Å². The standard InChI is InChI=1S/C20H21N3O6S/c1-21-8-10-22(11-9-21)20(25)15-12-16(19(24)14-6-4-3-5-7-14)18(30(2,28)29)13-17(15)23(26)27/h3-7,12-13H,8-11H2,1-2H3. The molecule has 1 aliphatic heterocycles. The highest BCUT2D eigenvalue weighted by atomic mass is 32.2. The highest BCUT2D eigenvalue weighted by Gasteiger charge is 2.32. The summed E-state index contributed by atoms with van der Waals surface area (Å²) < 4.78 is 24.6. The number of sulfone groups is 1. The van der Waals surface area contributed by atoms with Gasteiger partial charge in [0, 0.05) is 49.6 Å². The number of benzene rings is 2. The fourth-order valence-electron chi connectivity index (χ4n) is 3.30. The van der Waals surface area contributed by atoms with Crippen molar-refractivity contribution in [2.24, 2.45) is 0 Å². The fraction of sp³-hybridized carbons (Fsp3) is 0.300. The van der Waals surface area contributed by atoms with Crippen molar-refractivity contribution in [1.29, 1.82) is 0 Å². The first kappa shape index (κ1) is 21.6. The van der Waals surface area contributed by atoms with Gasteiger partial charge in [0.05, 0.1) is 9.82 Å². The summed E-state index contributed by atoms with van der Waals surface area (Å²) in [6, 6.07) is 9.82. The van der Waals surface area contributed by atoms with E-state index in [1.54, 1.807) is 18.2 Å². The molecule has 9 nitrogen and oxygen atoms in total. The minimum atomic E-state index is -3.97. The van der Waals surface area contributed by atoms with E-state index in [1.807, 2.05) is 11.9 Å². The van der Waals surface area contributed by atoms with Gasteiger partial charge in [0.1, 0.15) is 5.56 Å². The van der Waals surface area contributed by atoms with Crippen LogP contribution >= 0.6 is 0 Å². The highest BCUT2D eigenvalue weighted by molar-refractivity contribution is 7.90. The summed E-state index contributed by atoms with van der Waals surface area (Å²) in [5.41, 5.74) is -0.971. The molecule has 1 aliphatic rings. The number of piperazine rings is 1. The maximum Gasteiger partial charge on any atom is 0.283 e. The zero-order valence-electron chi connectivity index (χ0n) is 16.6. The zero-order chi connectivity index (χ0) is 22.1. The third-order valence-corrected chi connectivity index (χ3v) is 6.13. The van der Waals surface area contributed by atoms with Crippen LogP contribution in [0.1, 0.15) is 26.3 Å². The fourth-order valence-corrected chi connectivity index (χ4v) is 4.18. The molecule has 0 aliphatic carbocycles. The van der Waals surface area contributed by atoms with Crippen molar-refractivity contribution in [2.75, 3.05) is 39.5 Å². The minimum absolute atomic E-state index is 0.217. The molecule has 30 heavy (non-hydrogen) atoms. The lowest BCUT2D eigenvalue weighted by Gasteiger charge is -2.32. The number of ketones is 1. The quantitative estimate of drug-likeness (QED) is 0.401. The van der Waals surface area contributed by atoms with Gasteiger partial charge < -0.3 is 9.80 Å². The van der Waals surface area contributed by atoms with Gasteiger partial charge in [-0.05, 0) is 13.1 Å². The predicted octanol–water partition coefficient (Wildman–Crippen LogP) is 1.62. The molecule has 0 unspecified atom stereocenters. The molecule has 0 bridgehead atoms. The molecule has 0 atom stereocenters. The number of amides is 1. The van der Waals surface area contributed by atoms with Crippen molar-refractivity contribution in [3.8, 4) is 0 Å². The molecule has 0 N–H and O–H groups in total. The molecule has 1 fully saturated rings. The van der Waals surface area contributed by atoms with Gasteiger partial charge in [0.2, 0.25) is 0 Å². The van der Waals surface area contributed by atoms with E-state index in [-0.39, 0.29) is 16.7 Å². The van der Waals surface area contributed by atoms with Crippen molar-refractivity contribution in [1.82, 2.24) is 9.80 Å². The first-order valence-corrected chi connectivity index (χ1v) is 11.1. The highest BCUT2D eigenvalue weighted by Crippen LogP contribution is 2.30. The molecule has 1 amide bonds. The van der Waals surface area contributed by atoms with Crippen molar-refractivity contribution in [3.63, 3.8) is 0 Å². The molecule has 1 heterocycles. The average Bonchev–Trinajstić information content (AvgIpc) is 2.72. The summed E-state index contributed by atoms with van der Waals surface area (Å²) in [6.45, 7) is 1.97. The van der Waals surface area contributed by atoms with E-state index in [0.717, 1.165) is 18.4 Å². The molecule has 0 radical (unpaired) electrons. The summed E-state index contributed by atoms with van der Waals surface area (Å²) in [5, 5.41) is 11.6. The second-order valence-electron chi connectivity index (χ2n) is 7.19. The molecule has 0 spiro atoms. The van der Waals surface area contributed by atoms with Crippen molar-refractivity contribution >= 4 is 27.2 Å². The Morgan fingerprint density at radius 3 is 2.13 bits per heavy atom. The normalized spacial score (nSPS) is 15.1. The number of nitro groups is 1. The van der Waals surface area contributed by atoms with Gasteiger partial charge in [-0.3, -0.25) is 19.7 Å². The SMILES string of the molecule is CN1CCN(C(=O)c2cc(C(=O)c3ccccc3)c(S(C)(=O)=O)cc2[N+](=O)[O-])CC1. The van der Waals surface area contributed by atoms with Crippen LogP contribution in [0, 0.1) is 10.1 Å². The number of carbonyl (C=O) groups excluding carboxylic acids is 2. The first-order chi connectivity index (χ1) is 14.1. The molecule has 3 rings (SSSR count). The van der Waals surface area contributed by atoms with E-state index in [9.17, 15) is 28.1 Å². The number of nitrogens with zero attached hydrogens (tertiary/aromatic N) is 3. The lowest BCUT2D eigenvalue weighted by Crippen LogP contribution is -2.47. The molecule has 2 aromatic carbocycles. The van der Waals surface area contributed by atoms with Gasteiger partial charge in [-0.2, -0.15) is 0 Å². The van der Waals surface area contributed by atoms with Crippen LogP contribution in [0.15, 0.2) is 47.4 Å². The number of hydrogen-bond donors (Lipinski definition) is 0. The Hall–Kier alpha value is -3.11. The van der Waals surface area contributed by atoms with Gasteiger partial charge in [0.15, 0.2) is 15.6 Å². The summed E-state index contributed by atoms with van der Waals surface area (Å²) in [5.74, 6) is -1.23. The van der Waals surface area contributed by atoms with E-state index in [0.29, 0.717) is 26.2 Å². The third kappa shape index (κ3) is 4.39. The van der Waals surface area contributed by atoms with Crippen LogP contribution in [0.25, 0.3) is 0 Å². The Kier molecular flexibility index (Phi) is 5.99. The van der Waals surface area contributed by atoms with Gasteiger partial charge in [-0.15, -0.1) is 0 Å². The second-order valence-corrected chi connectivity index (χ2v) is 9.17. The van der Waals surface area contributed by atoms with Crippen LogP contribution in [-0.4, -0.2) is 74.3 Å². The smallest absolute Gasteiger partial charge is 0.283 e. The van der Waals surface area contributed by atoms with E-state index in [4.69, 9.17) is 0 Å². The van der Waals surface area contributed by atoms with Gasteiger partial charge >= 0.3 is 0 Å². The van der Waals surface area contributed by atoms with E-state index < -0.39 is 37.0 Å². The minimum Gasteiger partial charge on any atom is -0.336 e. The monoisotopic (exact) mass is 431 g/mol. The number of nitro benzene ring substituents is 1. The van der Waals surface area contributed by atoms with Crippen LogP contribution in [0.3, 0.4) is 0 Å². The number of likely N-dealkylation sites (N-methyl/N-ethyl adjacent to an activating group) is 1. The second kappa shape index (κ2) is 8.33. The third-order valence-electron chi connectivity index (χ3n) is 5.00. The van der Waals surface area contributed by atoms with E-state index in [1.165, 1.54) is 17.0 Å². The van der Waals surface area contributed by atoms with E-state index in [2.05, 4.69) is 0 Å². The molecule has 2 aromatic rings. The number of carbonyl (C=O) groups is 2. The first-order valence-electron chi connectivity index (χ1n) is 9.19. The maximum atomic E-state index is 13.0. The van der Waals surface area contributed by atoms with Crippen molar-refractivity contribution in [2.45, 2.75) is 4.90 Å². The van der Waals surface area contributed by atoms with Gasteiger partial charge in [-0.1, -0.05) is 30.3 Å². The molecule has 0 aromatic heterocycles. The van der Waals surface area contributed by atoms with Crippen molar-refractivity contribution in [3.05, 3.63) is 69.3 Å². The largest absolute Gasteiger partial charge is 0.336 e. The predicted molar refractivity (Wildman–Crippen MR) is 109 cm³/mol. The Morgan fingerprint density at radius 2 is 1.60 bits per heavy atom. The zero-order valence-corrected chi connectivity index (χ0v) is 17.4. The average molecular weight is 431 g/mol. The number of hydrogen-bond acceptors (Lipinski definition) is 7. The summed E-state index contributed by atoms with van der Waals surface area (Å²) in [4.78, 5) is 39.9. The summed E-state index contributed by atoms with van der Waals surface area (Å²) >= 11 is 0. The molecule has 10 heteroatoms. The van der Waals surface area contributed by atoms with Gasteiger partial charge in [-0.25, -0.2) is 8.42 Å².